The molecule has 1 aromatic rings. The minimum Gasteiger partial charge on any atom is -0.492 e. The number of hydrogen-bond donors (Lipinski definition) is 2. The van der Waals surface area contributed by atoms with Gasteiger partial charge in [0.25, 0.3) is 12.6 Å². The van der Waals surface area contributed by atoms with E-state index in [1.54, 1.807) is 18.2 Å². The van der Waals surface area contributed by atoms with Crippen molar-refractivity contribution in [2.24, 2.45) is 0 Å². The van der Waals surface area contributed by atoms with E-state index in [9.17, 15) is 19.5 Å². The Bertz CT molecular complexity index is 845. The van der Waals surface area contributed by atoms with Crippen LogP contribution in [0.25, 0.3) is 0 Å². The first-order valence-corrected chi connectivity index (χ1v) is 8.52. The smallest absolute Gasteiger partial charge is 0.275 e. The van der Waals surface area contributed by atoms with Gasteiger partial charge in [0.1, 0.15) is 11.8 Å². The summed E-state index contributed by atoms with van der Waals surface area (Å²) in [5, 5.41) is 21.6. The molecule has 0 bridgehead atoms. The van der Waals surface area contributed by atoms with E-state index in [1.807, 2.05) is 0 Å². The minimum absolute atomic E-state index is 0.0182. The van der Waals surface area contributed by atoms with Gasteiger partial charge in [-0.3, -0.25) is 24.6 Å². The number of carbonyl (C=O) groups excluding carboxylic acids is 3. The molecule has 3 heterocycles. The first-order valence-electron chi connectivity index (χ1n) is 8.52. The van der Waals surface area contributed by atoms with Crippen LogP contribution in [0.4, 0.5) is 0 Å². The number of aliphatic hydroxyl groups excluding tert-OH is 1. The number of piperidine rings is 1. The largest absolute Gasteiger partial charge is 0.492 e. The van der Waals surface area contributed by atoms with Crippen LogP contribution < -0.4 is 10.1 Å². The van der Waals surface area contributed by atoms with Crippen LogP contribution in [0, 0.1) is 11.2 Å². The van der Waals surface area contributed by atoms with Gasteiger partial charge in [-0.15, -0.1) is 0 Å². The third-order valence-electron chi connectivity index (χ3n) is 5.16. The van der Waals surface area contributed by atoms with Crippen LogP contribution in [-0.2, 0) is 9.59 Å². The van der Waals surface area contributed by atoms with Gasteiger partial charge in [0.15, 0.2) is 6.23 Å². The van der Waals surface area contributed by atoms with Gasteiger partial charge in [-0.25, -0.2) is 5.26 Å². The number of fused-ring (bicyclic) bond motifs is 1. The molecule has 0 saturated carbocycles. The molecular weight excluding hydrogens is 337 g/mol. The fourth-order valence-corrected chi connectivity index (χ4v) is 3.64. The predicted octanol–water partition coefficient (Wildman–Crippen LogP) is 0.257. The standard InChI is InChI=1S/C17H16BN3O5/c19-8-18-6-10(7-18)26-9-1-2-11-12(5-9)17(25)21(16(11)24)13-3-4-14(22)20-15(13)23/h1-2,5,10,13,17,25H,3-4,6-7H2,(H,20,22,23). The zero-order valence-corrected chi connectivity index (χ0v) is 13.8. The average molecular weight is 353 g/mol. The van der Waals surface area contributed by atoms with Gasteiger partial charge in [-0.2, -0.15) is 0 Å². The van der Waals surface area contributed by atoms with Crippen LogP contribution in [0.15, 0.2) is 18.2 Å². The van der Waals surface area contributed by atoms with E-state index in [4.69, 9.17) is 10.00 Å². The number of nitrogens with zero attached hydrogens (tertiary/aromatic N) is 2. The van der Waals surface area contributed by atoms with Crippen LogP contribution in [0.3, 0.4) is 0 Å². The highest BCUT2D eigenvalue weighted by Gasteiger charge is 2.44. The Balaban J connectivity index is 1.53. The van der Waals surface area contributed by atoms with Crippen LogP contribution in [0.2, 0.25) is 12.6 Å². The quantitative estimate of drug-likeness (QED) is 0.594. The first-order chi connectivity index (χ1) is 12.5. The Morgan fingerprint density at radius 2 is 2.08 bits per heavy atom. The summed E-state index contributed by atoms with van der Waals surface area (Å²) >= 11 is 0. The number of rotatable bonds is 3. The third kappa shape index (κ3) is 2.63. The van der Waals surface area contributed by atoms with Gasteiger partial charge < -0.3 is 9.84 Å². The molecular formula is C17H16BN3O5. The highest BCUT2D eigenvalue weighted by Crippen LogP contribution is 2.38. The molecule has 0 spiro atoms. The summed E-state index contributed by atoms with van der Waals surface area (Å²) in [6.07, 6.45) is 0.327. The summed E-state index contributed by atoms with van der Waals surface area (Å²) in [7, 11) is 0. The van der Waals surface area contributed by atoms with Gasteiger partial charge in [0.05, 0.1) is 6.10 Å². The lowest BCUT2D eigenvalue weighted by Gasteiger charge is -2.32. The van der Waals surface area contributed by atoms with Crippen molar-refractivity contribution >= 4 is 24.4 Å². The first kappa shape index (κ1) is 16.6. The molecule has 2 atom stereocenters. The highest BCUT2D eigenvalue weighted by atomic mass is 16.5. The summed E-state index contributed by atoms with van der Waals surface area (Å²) in [5.41, 5.74) is 0.700. The summed E-state index contributed by atoms with van der Waals surface area (Å²) in [6.45, 7) is 0.0182. The van der Waals surface area contributed by atoms with Gasteiger partial charge in [-0.1, -0.05) is 0 Å². The second-order valence-corrected chi connectivity index (χ2v) is 6.84. The van der Waals surface area contributed by atoms with Gasteiger partial charge >= 0.3 is 0 Å². The average Bonchev–Trinajstić information content (AvgIpc) is 2.82. The summed E-state index contributed by atoms with van der Waals surface area (Å²) in [6, 6.07) is 3.94. The van der Waals surface area contributed by atoms with Crippen molar-refractivity contribution in [3.63, 3.8) is 0 Å². The van der Waals surface area contributed by atoms with Crippen molar-refractivity contribution in [2.45, 2.75) is 43.9 Å². The lowest BCUT2D eigenvalue weighted by molar-refractivity contribution is -0.139. The summed E-state index contributed by atoms with van der Waals surface area (Å²) < 4.78 is 5.79. The van der Waals surface area contributed by atoms with E-state index in [-0.39, 0.29) is 31.6 Å². The predicted molar refractivity (Wildman–Crippen MR) is 89.1 cm³/mol. The van der Waals surface area contributed by atoms with Crippen LogP contribution in [-0.4, -0.2) is 46.6 Å². The molecule has 9 heteroatoms. The maximum atomic E-state index is 12.6. The van der Waals surface area contributed by atoms with E-state index in [1.165, 1.54) is 0 Å². The fourth-order valence-electron chi connectivity index (χ4n) is 3.64. The zero-order valence-electron chi connectivity index (χ0n) is 13.8. The number of hydrogen-bond acceptors (Lipinski definition) is 6. The SMILES string of the molecule is N#CB1CC(Oc2ccc3c(c2)C(O)N(C2CCC(=O)NC2=O)C3=O)C1. The van der Waals surface area contributed by atoms with E-state index in [0.717, 1.165) is 4.90 Å². The Labute approximate surface area is 149 Å². The number of nitriles is 1. The molecule has 2 saturated heterocycles. The number of amides is 3. The van der Waals surface area contributed by atoms with Crippen LogP contribution >= 0.6 is 0 Å². The number of nitrogens with one attached hydrogen (secondary N) is 1. The Morgan fingerprint density at radius 3 is 2.77 bits per heavy atom. The normalized spacial score (nSPS) is 25.5. The van der Waals surface area contributed by atoms with Crippen molar-refractivity contribution in [3.05, 3.63) is 29.3 Å². The molecule has 3 aliphatic heterocycles. The molecule has 8 nitrogen and oxygen atoms in total. The molecule has 1 aromatic carbocycles. The van der Waals surface area contributed by atoms with Crippen LogP contribution in [0.5, 0.6) is 5.75 Å². The van der Waals surface area contributed by atoms with E-state index in [0.29, 0.717) is 29.5 Å². The van der Waals surface area contributed by atoms with E-state index >= 15 is 0 Å². The Morgan fingerprint density at radius 1 is 1.31 bits per heavy atom. The summed E-state index contributed by atoms with van der Waals surface area (Å²) in [5.74, 6) is 1.31. The number of benzene rings is 1. The van der Waals surface area contributed by atoms with Crippen molar-refractivity contribution in [1.82, 2.24) is 10.2 Å². The lowest BCUT2D eigenvalue weighted by atomic mass is 9.35. The summed E-state index contributed by atoms with van der Waals surface area (Å²) in [4.78, 5) is 37.1. The third-order valence-corrected chi connectivity index (χ3v) is 5.16. The Hall–Kier alpha value is -2.86. The molecule has 2 unspecified atom stereocenters. The van der Waals surface area contributed by atoms with Crippen molar-refractivity contribution < 1.29 is 24.2 Å². The lowest BCUT2D eigenvalue weighted by Crippen LogP contribution is -2.53. The molecule has 2 N–H and O–H groups in total. The molecule has 0 aromatic heterocycles. The monoisotopic (exact) mass is 353 g/mol. The van der Waals surface area contributed by atoms with Crippen molar-refractivity contribution in [2.75, 3.05) is 0 Å². The molecule has 3 aliphatic rings. The molecule has 0 radical (unpaired) electrons. The molecule has 4 rings (SSSR count). The fraction of sp³-hybridized carbons (Fsp3) is 0.412. The van der Waals surface area contributed by atoms with Gasteiger partial charge in [-0.05, 0) is 37.3 Å². The number of ether oxygens (including phenoxy) is 1. The second-order valence-electron chi connectivity index (χ2n) is 6.84. The van der Waals surface area contributed by atoms with Crippen molar-refractivity contribution in [3.8, 4) is 11.7 Å². The Kier molecular flexibility index (Phi) is 3.92. The molecule has 0 aliphatic carbocycles. The maximum absolute atomic E-state index is 12.6. The van der Waals surface area contributed by atoms with Gasteiger partial charge in [0.2, 0.25) is 11.8 Å². The van der Waals surface area contributed by atoms with E-state index < -0.39 is 24.1 Å². The van der Waals surface area contributed by atoms with E-state index in [2.05, 4.69) is 11.3 Å². The van der Waals surface area contributed by atoms with Crippen LogP contribution in [0.1, 0.15) is 35.0 Å². The van der Waals surface area contributed by atoms with Crippen molar-refractivity contribution in [1.29, 1.82) is 5.26 Å². The topological polar surface area (TPSA) is 120 Å². The molecule has 26 heavy (non-hydrogen) atoms. The minimum atomic E-state index is -1.27. The number of aliphatic hydroxyl groups is 1. The number of imide groups is 1. The molecule has 3 amide bonds. The van der Waals surface area contributed by atoms with Gasteiger partial charge in [0, 0.05) is 23.5 Å². The zero-order chi connectivity index (χ0) is 18.4. The molecule has 2 fully saturated rings. The second kappa shape index (κ2) is 6.14. The maximum Gasteiger partial charge on any atom is 0.275 e. The number of carbonyl (C=O) groups is 3. The molecule has 132 valence electrons. The highest BCUT2D eigenvalue weighted by molar-refractivity contribution is 6.70.